The zero-order valence-electron chi connectivity index (χ0n) is 11.5. The maximum Gasteiger partial charge on any atom is 0.414 e. The van der Waals surface area contributed by atoms with Gasteiger partial charge in [0.2, 0.25) is 0 Å². The standard InChI is InChI=1S/C14H17IN2O4/c15-12-7-10(17-8-11(9-18)21-14(17)19)1-2-13(12)16-3-5-20-6-4-16/h1-2,7,11,18H,3-6,8-9H2/t11-/m1/s1. The second-order valence-electron chi connectivity index (χ2n) is 5.03. The molecule has 114 valence electrons. The summed E-state index contributed by atoms with van der Waals surface area (Å²) in [5.74, 6) is 0. The first-order valence-electron chi connectivity index (χ1n) is 6.90. The molecule has 0 bridgehead atoms. The van der Waals surface area contributed by atoms with Gasteiger partial charge >= 0.3 is 6.09 Å². The number of morpholine rings is 1. The highest BCUT2D eigenvalue weighted by molar-refractivity contribution is 14.1. The largest absolute Gasteiger partial charge is 0.441 e. The molecule has 2 fully saturated rings. The number of carbonyl (C=O) groups is 1. The van der Waals surface area contributed by atoms with E-state index >= 15 is 0 Å². The quantitative estimate of drug-likeness (QED) is 0.773. The van der Waals surface area contributed by atoms with Crippen LogP contribution in [0.4, 0.5) is 16.2 Å². The number of cyclic esters (lactones) is 1. The molecule has 1 atom stereocenters. The molecule has 1 amide bonds. The highest BCUT2D eigenvalue weighted by Crippen LogP contribution is 2.30. The van der Waals surface area contributed by atoms with Crippen LogP contribution in [0.3, 0.4) is 0 Å². The molecule has 2 aliphatic rings. The first-order valence-corrected chi connectivity index (χ1v) is 7.98. The minimum Gasteiger partial charge on any atom is -0.441 e. The molecule has 21 heavy (non-hydrogen) atoms. The molecule has 0 aromatic heterocycles. The van der Waals surface area contributed by atoms with Crippen molar-refractivity contribution < 1.29 is 19.4 Å². The Morgan fingerprint density at radius 1 is 1.33 bits per heavy atom. The maximum absolute atomic E-state index is 11.8. The van der Waals surface area contributed by atoms with Crippen LogP contribution in [0.5, 0.6) is 0 Å². The third-order valence-electron chi connectivity index (χ3n) is 3.67. The molecule has 6 nitrogen and oxygen atoms in total. The van der Waals surface area contributed by atoms with Crippen LogP contribution in [0.1, 0.15) is 0 Å². The van der Waals surface area contributed by atoms with Crippen LogP contribution in [-0.2, 0) is 9.47 Å². The van der Waals surface area contributed by atoms with E-state index in [1.54, 1.807) is 4.90 Å². The molecule has 7 heteroatoms. The molecule has 1 N–H and O–H groups in total. The Bertz CT molecular complexity index is 534. The maximum atomic E-state index is 11.8. The van der Waals surface area contributed by atoms with E-state index in [-0.39, 0.29) is 6.61 Å². The lowest BCUT2D eigenvalue weighted by atomic mass is 10.2. The van der Waals surface area contributed by atoms with Crippen molar-refractivity contribution in [2.75, 3.05) is 49.3 Å². The fraction of sp³-hybridized carbons (Fsp3) is 0.500. The number of nitrogens with zero attached hydrogens (tertiary/aromatic N) is 2. The molecule has 2 heterocycles. The van der Waals surface area contributed by atoms with Gasteiger partial charge in [-0.25, -0.2) is 4.79 Å². The lowest BCUT2D eigenvalue weighted by Crippen LogP contribution is -2.36. The molecular weight excluding hydrogens is 387 g/mol. The summed E-state index contributed by atoms with van der Waals surface area (Å²) in [6, 6.07) is 5.93. The summed E-state index contributed by atoms with van der Waals surface area (Å²) in [7, 11) is 0. The van der Waals surface area contributed by atoms with Gasteiger partial charge < -0.3 is 19.5 Å². The van der Waals surface area contributed by atoms with Crippen molar-refractivity contribution in [2.45, 2.75) is 6.10 Å². The fourth-order valence-corrected chi connectivity index (χ4v) is 3.39. The minimum atomic E-state index is -0.436. The van der Waals surface area contributed by atoms with Gasteiger partial charge in [0, 0.05) is 22.3 Å². The summed E-state index contributed by atoms with van der Waals surface area (Å²) in [6.45, 7) is 3.50. The van der Waals surface area contributed by atoms with Crippen LogP contribution in [-0.4, -0.2) is 56.8 Å². The second kappa shape index (κ2) is 6.37. The summed E-state index contributed by atoms with van der Waals surface area (Å²) >= 11 is 2.29. The van der Waals surface area contributed by atoms with E-state index in [0.29, 0.717) is 6.54 Å². The number of halogens is 1. The van der Waals surface area contributed by atoms with Gasteiger partial charge in [0.15, 0.2) is 0 Å². The Hall–Kier alpha value is -1.06. The average molecular weight is 404 g/mol. The highest BCUT2D eigenvalue weighted by Gasteiger charge is 2.32. The van der Waals surface area contributed by atoms with Crippen LogP contribution in [0.2, 0.25) is 0 Å². The van der Waals surface area contributed by atoms with E-state index in [9.17, 15) is 4.79 Å². The lowest BCUT2D eigenvalue weighted by Gasteiger charge is -2.30. The van der Waals surface area contributed by atoms with Crippen molar-refractivity contribution in [2.24, 2.45) is 0 Å². The van der Waals surface area contributed by atoms with Crippen molar-refractivity contribution in [3.63, 3.8) is 0 Å². The molecule has 1 aromatic carbocycles. The molecule has 2 aliphatic heterocycles. The number of aliphatic hydroxyl groups is 1. The molecular formula is C14H17IN2O4. The number of rotatable bonds is 3. The van der Waals surface area contributed by atoms with Gasteiger partial charge in [-0.05, 0) is 40.8 Å². The number of ether oxygens (including phenoxy) is 2. The van der Waals surface area contributed by atoms with Crippen LogP contribution in [0.25, 0.3) is 0 Å². The minimum absolute atomic E-state index is 0.148. The third-order valence-corrected chi connectivity index (χ3v) is 4.54. The van der Waals surface area contributed by atoms with Crippen LogP contribution in [0.15, 0.2) is 18.2 Å². The Balaban J connectivity index is 1.79. The number of hydrogen-bond donors (Lipinski definition) is 1. The summed E-state index contributed by atoms with van der Waals surface area (Å²) in [4.78, 5) is 15.7. The van der Waals surface area contributed by atoms with Gasteiger partial charge in [-0.3, -0.25) is 4.90 Å². The zero-order chi connectivity index (χ0) is 14.8. The van der Waals surface area contributed by atoms with E-state index in [1.165, 1.54) is 0 Å². The predicted octanol–water partition coefficient (Wildman–Crippen LogP) is 1.45. The van der Waals surface area contributed by atoms with Gasteiger partial charge in [0.25, 0.3) is 0 Å². The third kappa shape index (κ3) is 3.09. The van der Waals surface area contributed by atoms with E-state index in [2.05, 4.69) is 27.5 Å². The SMILES string of the molecule is O=C1O[C@@H](CO)CN1c1ccc(N2CCOCC2)c(I)c1. The van der Waals surface area contributed by atoms with Gasteiger partial charge in [0.05, 0.1) is 32.1 Å². The van der Waals surface area contributed by atoms with Gasteiger partial charge in [-0.1, -0.05) is 0 Å². The molecule has 0 radical (unpaired) electrons. The molecule has 0 saturated carbocycles. The Labute approximate surface area is 136 Å². The normalized spacial score (nSPS) is 22.6. The van der Waals surface area contributed by atoms with Crippen molar-refractivity contribution in [3.05, 3.63) is 21.8 Å². The van der Waals surface area contributed by atoms with Crippen molar-refractivity contribution in [3.8, 4) is 0 Å². The molecule has 2 saturated heterocycles. The van der Waals surface area contributed by atoms with Gasteiger partial charge in [-0.15, -0.1) is 0 Å². The van der Waals surface area contributed by atoms with Gasteiger partial charge in [-0.2, -0.15) is 0 Å². The molecule has 0 unspecified atom stereocenters. The molecule has 0 spiro atoms. The first kappa shape index (κ1) is 14.9. The molecule has 3 rings (SSSR count). The van der Waals surface area contributed by atoms with Crippen LogP contribution >= 0.6 is 22.6 Å². The number of anilines is 2. The van der Waals surface area contributed by atoms with Crippen LogP contribution < -0.4 is 9.80 Å². The van der Waals surface area contributed by atoms with Gasteiger partial charge in [0.1, 0.15) is 6.10 Å². The second-order valence-corrected chi connectivity index (χ2v) is 6.20. The first-order chi connectivity index (χ1) is 10.2. The predicted molar refractivity (Wildman–Crippen MR) is 86.9 cm³/mol. The van der Waals surface area contributed by atoms with Crippen molar-refractivity contribution >= 4 is 40.1 Å². The Morgan fingerprint density at radius 3 is 2.71 bits per heavy atom. The number of hydrogen-bond acceptors (Lipinski definition) is 5. The highest BCUT2D eigenvalue weighted by atomic mass is 127. The molecule has 1 aromatic rings. The monoisotopic (exact) mass is 404 g/mol. The lowest BCUT2D eigenvalue weighted by molar-refractivity contribution is 0.0963. The fourth-order valence-electron chi connectivity index (χ4n) is 2.55. The van der Waals surface area contributed by atoms with Crippen LogP contribution in [0, 0.1) is 3.57 Å². The number of amides is 1. The topological polar surface area (TPSA) is 62.2 Å². The summed E-state index contributed by atoms with van der Waals surface area (Å²) in [6.07, 6.45) is -0.835. The van der Waals surface area contributed by atoms with E-state index in [4.69, 9.17) is 14.6 Å². The van der Waals surface area contributed by atoms with Crippen molar-refractivity contribution in [1.82, 2.24) is 0 Å². The Kier molecular flexibility index (Phi) is 4.51. The Morgan fingerprint density at radius 2 is 2.10 bits per heavy atom. The van der Waals surface area contributed by atoms with E-state index < -0.39 is 12.2 Å². The zero-order valence-corrected chi connectivity index (χ0v) is 13.7. The number of carbonyl (C=O) groups excluding carboxylic acids is 1. The average Bonchev–Trinajstić information content (AvgIpc) is 2.89. The van der Waals surface area contributed by atoms with E-state index in [1.807, 2.05) is 18.2 Å². The molecule has 0 aliphatic carbocycles. The summed E-state index contributed by atoms with van der Waals surface area (Å²) < 4.78 is 11.5. The number of aliphatic hydroxyl groups excluding tert-OH is 1. The number of benzene rings is 1. The van der Waals surface area contributed by atoms with E-state index in [0.717, 1.165) is 41.2 Å². The van der Waals surface area contributed by atoms with Crippen molar-refractivity contribution in [1.29, 1.82) is 0 Å². The summed E-state index contributed by atoms with van der Waals surface area (Å²) in [5, 5.41) is 9.09. The smallest absolute Gasteiger partial charge is 0.414 e. The summed E-state index contributed by atoms with van der Waals surface area (Å²) in [5.41, 5.74) is 1.96.